The van der Waals surface area contributed by atoms with Gasteiger partial charge >= 0.3 is 0 Å². The van der Waals surface area contributed by atoms with E-state index in [1.54, 1.807) is 14.2 Å². The van der Waals surface area contributed by atoms with Gasteiger partial charge in [-0.05, 0) is 5.21 Å². The van der Waals surface area contributed by atoms with Gasteiger partial charge in [-0.1, -0.05) is 0 Å². The molecule has 1 fully saturated rings. The van der Waals surface area contributed by atoms with Crippen LogP contribution in [0.15, 0.2) is 0 Å². The minimum Gasteiger partial charge on any atom is -0.381 e. The third-order valence-electron chi connectivity index (χ3n) is 3.07. The average Bonchev–Trinajstić information content (AvgIpc) is 2.75. The van der Waals surface area contributed by atoms with Gasteiger partial charge in [-0.2, -0.15) is 4.80 Å². The lowest BCUT2D eigenvalue weighted by Crippen LogP contribution is -2.46. The van der Waals surface area contributed by atoms with Gasteiger partial charge < -0.3 is 9.47 Å². The summed E-state index contributed by atoms with van der Waals surface area (Å²) in [6.07, 6.45) is 1.33. The molecule has 0 unspecified atom stereocenters. The first kappa shape index (κ1) is 12.1. The highest BCUT2D eigenvalue weighted by molar-refractivity contribution is 5.88. The molecule has 0 bridgehead atoms. The summed E-state index contributed by atoms with van der Waals surface area (Å²) >= 11 is 0. The molecule has 1 aliphatic rings. The molecule has 2 heterocycles. The number of hydrogen-bond acceptors (Lipinski definition) is 6. The Kier molecular flexibility index (Phi) is 3.49. The summed E-state index contributed by atoms with van der Waals surface area (Å²) in [5.74, 6) is 0.428. The van der Waals surface area contributed by atoms with E-state index < -0.39 is 5.60 Å². The Hall–Kier alpha value is -1.34. The standard InChI is InChI=1S/C10H16N4O3/c1-14-12-9(11-13-14)7-8(15)10(16-2)3-5-17-6-4-10/h3-7H2,1-2H3. The van der Waals surface area contributed by atoms with Crippen LogP contribution in [-0.2, 0) is 27.7 Å². The highest BCUT2D eigenvalue weighted by atomic mass is 16.5. The van der Waals surface area contributed by atoms with Crippen molar-refractivity contribution in [1.82, 2.24) is 20.2 Å². The predicted molar refractivity (Wildman–Crippen MR) is 57.3 cm³/mol. The summed E-state index contributed by atoms with van der Waals surface area (Å²) in [7, 11) is 3.23. The normalized spacial score (nSPS) is 19.2. The molecule has 2 rings (SSSR count). The zero-order chi connectivity index (χ0) is 12.3. The summed E-state index contributed by atoms with van der Waals surface area (Å²) in [6.45, 7) is 1.10. The van der Waals surface area contributed by atoms with Crippen LogP contribution in [0.25, 0.3) is 0 Å². The number of aromatic nitrogens is 4. The SMILES string of the molecule is COC1(C(=O)Cc2nnn(C)n2)CCOCC1. The van der Waals surface area contributed by atoms with E-state index in [2.05, 4.69) is 15.4 Å². The lowest BCUT2D eigenvalue weighted by Gasteiger charge is -2.34. The summed E-state index contributed by atoms with van der Waals surface area (Å²) in [6, 6.07) is 0. The molecule has 7 heteroatoms. The Bertz CT molecular complexity index is 398. The number of rotatable bonds is 4. The van der Waals surface area contributed by atoms with Crippen LogP contribution in [0.3, 0.4) is 0 Å². The van der Waals surface area contributed by atoms with E-state index in [9.17, 15) is 4.79 Å². The number of methoxy groups -OCH3 is 1. The Balaban J connectivity index is 2.07. The van der Waals surface area contributed by atoms with E-state index in [0.29, 0.717) is 31.9 Å². The number of nitrogens with zero attached hydrogens (tertiary/aromatic N) is 4. The minimum absolute atomic E-state index is 0.00343. The number of ketones is 1. The summed E-state index contributed by atoms with van der Waals surface area (Å²) in [5, 5.41) is 11.5. The molecule has 0 amide bonds. The zero-order valence-electron chi connectivity index (χ0n) is 10.0. The molecule has 0 radical (unpaired) electrons. The topological polar surface area (TPSA) is 79.1 Å². The highest BCUT2D eigenvalue weighted by Gasteiger charge is 2.40. The lowest BCUT2D eigenvalue weighted by atomic mass is 9.87. The van der Waals surface area contributed by atoms with Crippen molar-refractivity contribution >= 4 is 5.78 Å². The summed E-state index contributed by atoms with van der Waals surface area (Å²) < 4.78 is 10.7. The van der Waals surface area contributed by atoms with Crippen LogP contribution in [0.1, 0.15) is 18.7 Å². The number of ether oxygens (including phenoxy) is 2. The molecule has 0 aromatic carbocycles. The maximum absolute atomic E-state index is 12.2. The van der Waals surface area contributed by atoms with Crippen molar-refractivity contribution in [2.75, 3.05) is 20.3 Å². The van der Waals surface area contributed by atoms with E-state index >= 15 is 0 Å². The molecule has 17 heavy (non-hydrogen) atoms. The Labute approximate surface area is 99.1 Å². The van der Waals surface area contributed by atoms with Crippen molar-refractivity contribution in [3.63, 3.8) is 0 Å². The summed E-state index contributed by atoms with van der Waals surface area (Å²) in [5.41, 5.74) is -0.739. The third-order valence-corrected chi connectivity index (χ3v) is 3.07. The van der Waals surface area contributed by atoms with Crippen molar-refractivity contribution < 1.29 is 14.3 Å². The van der Waals surface area contributed by atoms with Gasteiger partial charge in [0.15, 0.2) is 11.6 Å². The highest BCUT2D eigenvalue weighted by Crippen LogP contribution is 2.26. The fraction of sp³-hybridized carbons (Fsp3) is 0.800. The minimum atomic E-state index is -0.739. The maximum atomic E-state index is 12.2. The van der Waals surface area contributed by atoms with Gasteiger partial charge in [0.2, 0.25) is 0 Å². The molecule has 1 saturated heterocycles. The quantitative estimate of drug-likeness (QED) is 0.707. The summed E-state index contributed by atoms with van der Waals surface area (Å²) in [4.78, 5) is 13.6. The third kappa shape index (κ3) is 2.50. The fourth-order valence-corrected chi connectivity index (χ4v) is 2.00. The lowest BCUT2D eigenvalue weighted by molar-refractivity contribution is -0.152. The second-order valence-electron chi connectivity index (χ2n) is 4.11. The van der Waals surface area contributed by atoms with Gasteiger partial charge in [-0.15, -0.1) is 10.2 Å². The second kappa shape index (κ2) is 4.89. The van der Waals surface area contributed by atoms with Crippen molar-refractivity contribution in [3.8, 4) is 0 Å². The molecule has 0 saturated carbocycles. The van der Waals surface area contributed by atoms with Gasteiger partial charge in [-0.25, -0.2) is 0 Å². The van der Waals surface area contributed by atoms with E-state index in [0.717, 1.165) is 0 Å². The Morgan fingerprint density at radius 2 is 2.24 bits per heavy atom. The van der Waals surface area contributed by atoms with Crippen molar-refractivity contribution in [1.29, 1.82) is 0 Å². The molecule has 1 aliphatic heterocycles. The van der Waals surface area contributed by atoms with Crippen LogP contribution >= 0.6 is 0 Å². The van der Waals surface area contributed by atoms with Gasteiger partial charge in [-0.3, -0.25) is 4.79 Å². The number of carbonyl (C=O) groups is 1. The van der Waals surface area contributed by atoms with Crippen molar-refractivity contribution in [2.24, 2.45) is 7.05 Å². The Morgan fingerprint density at radius 3 is 2.76 bits per heavy atom. The van der Waals surface area contributed by atoms with Crippen molar-refractivity contribution in [2.45, 2.75) is 24.9 Å². The predicted octanol–water partition coefficient (Wildman–Crippen LogP) is -0.483. The van der Waals surface area contributed by atoms with Crippen LogP contribution in [0.4, 0.5) is 0 Å². The number of hydrogen-bond donors (Lipinski definition) is 0. The monoisotopic (exact) mass is 240 g/mol. The van der Waals surface area contributed by atoms with Gasteiger partial charge in [0.1, 0.15) is 5.60 Å². The van der Waals surface area contributed by atoms with Crippen LogP contribution in [0.5, 0.6) is 0 Å². The first-order chi connectivity index (χ1) is 8.16. The zero-order valence-corrected chi connectivity index (χ0v) is 10.0. The second-order valence-corrected chi connectivity index (χ2v) is 4.11. The smallest absolute Gasteiger partial charge is 0.182 e. The number of Topliss-reactive ketones (excluding diaryl/α,β-unsaturated/α-hetero) is 1. The van der Waals surface area contributed by atoms with Crippen LogP contribution in [0, 0.1) is 0 Å². The van der Waals surface area contributed by atoms with Crippen LogP contribution in [0.2, 0.25) is 0 Å². The fourth-order valence-electron chi connectivity index (χ4n) is 2.00. The molecule has 0 atom stereocenters. The van der Waals surface area contributed by atoms with Gasteiger partial charge in [0.25, 0.3) is 0 Å². The van der Waals surface area contributed by atoms with E-state index in [1.807, 2.05) is 0 Å². The van der Waals surface area contributed by atoms with Gasteiger partial charge in [0, 0.05) is 33.2 Å². The first-order valence-electron chi connectivity index (χ1n) is 5.55. The molecule has 0 spiro atoms. The Morgan fingerprint density at radius 1 is 1.53 bits per heavy atom. The van der Waals surface area contributed by atoms with E-state index in [1.165, 1.54) is 4.80 Å². The van der Waals surface area contributed by atoms with Crippen LogP contribution < -0.4 is 0 Å². The number of carbonyl (C=O) groups excluding carboxylic acids is 1. The first-order valence-corrected chi connectivity index (χ1v) is 5.55. The molecular formula is C10H16N4O3. The molecule has 94 valence electrons. The molecular weight excluding hydrogens is 224 g/mol. The molecule has 1 aromatic rings. The van der Waals surface area contributed by atoms with Crippen LogP contribution in [-0.4, -0.2) is 51.9 Å². The largest absolute Gasteiger partial charge is 0.381 e. The van der Waals surface area contributed by atoms with E-state index in [4.69, 9.17) is 9.47 Å². The molecule has 7 nitrogen and oxygen atoms in total. The number of tetrazole rings is 1. The molecule has 0 N–H and O–H groups in total. The van der Waals surface area contributed by atoms with Gasteiger partial charge in [0.05, 0.1) is 13.5 Å². The average molecular weight is 240 g/mol. The molecule has 1 aromatic heterocycles. The van der Waals surface area contributed by atoms with Crippen molar-refractivity contribution in [3.05, 3.63) is 5.82 Å². The molecule has 0 aliphatic carbocycles. The number of aryl methyl sites for hydroxylation is 1. The maximum Gasteiger partial charge on any atom is 0.182 e. The van der Waals surface area contributed by atoms with E-state index in [-0.39, 0.29) is 12.2 Å².